The summed E-state index contributed by atoms with van der Waals surface area (Å²) in [6.45, 7) is 10.3. The van der Waals surface area contributed by atoms with E-state index in [1.807, 2.05) is 0 Å². The maximum atomic E-state index is 11.3. The van der Waals surface area contributed by atoms with Gasteiger partial charge in [-0.15, -0.1) is 0 Å². The number of unbranched alkanes of at least 4 members (excludes halogenated alkanes) is 3. The van der Waals surface area contributed by atoms with Crippen molar-refractivity contribution < 1.29 is 9.53 Å². The van der Waals surface area contributed by atoms with Crippen LogP contribution in [0.15, 0.2) is 24.3 Å². The fourth-order valence-corrected chi connectivity index (χ4v) is 2.45. The summed E-state index contributed by atoms with van der Waals surface area (Å²) in [4.78, 5) is 11.3. The molecular weight excluding hydrogens is 260 g/mol. The first-order valence-electron chi connectivity index (χ1n) is 8.12. The lowest BCUT2D eigenvalue weighted by molar-refractivity contribution is -0.147. The second-order valence-corrected chi connectivity index (χ2v) is 6.82. The minimum Gasteiger partial charge on any atom is -0.458 e. The summed E-state index contributed by atoms with van der Waals surface area (Å²) in [5.74, 6) is -0.199. The number of carbonyl (C=O) groups excluding carboxylic acids is 1. The molecule has 0 N–H and O–H groups in total. The molecule has 0 fully saturated rings. The van der Waals surface area contributed by atoms with Gasteiger partial charge in [0.15, 0.2) is 0 Å². The standard InChI is InChI=1S/C19H30O2/c1-6-7-8-9-10-18(21-15(2)20)16-11-13-17(14-12-16)19(3,4)5/h11-14,18H,6-10H2,1-5H3. The second kappa shape index (κ2) is 8.21. The van der Waals surface area contributed by atoms with Gasteiger partial charge in [0.1, 0.15) is 6.10 Å². The van der Waals surface area contributed by atoms with Crippen molar-refractivity contribution >= 4 is 5.97 Å². The van der Waals surface area contributed by atoms with Gasteiger partial charge < -0.3 is 4.74 Å². The number of benzene rings is 1. The van der Waals surface area contributed by atoms with Crippen molar-refractivity contribution in [3.8, 4) is 0 Å². The Morgan fingerprint density at radius 1 is 1.10 bits per heavy atom. The number of carbonyl (C=O) groups is 1. The van der Waals surface area contributed by atoms with Crippen molar-refractivity contribution in [2.75, 3.05) is 0 Å². The van der Waals surface area contributed by atoms with Crippen molar-refractivity contribution in [2.24, 2.45) is 0 Å². The summed E-state index contributed by atoms with van der Waals surface area (Å²) in [7, 11) is 0. The number of hydrogen-bond donors (Lipinski definition) is 0. The van der Waals surface area contributed by atoms with Crippen LogP contribution in [-0.4, -0.2) is 5.97 Å². The van der Waals surface area contributed by atoms with E-state index >= 15 is 0 Å². The average Bonchev–Trinajstić information content (AvgIpc) is 2.41. The van der Waals surface area contributed by atoms with Gasteiger partial charge in [-0.25, -0.2) is 0 Å². The molecule has 1 rings (SSSR count). The fourth-order valence-electron chi connectivity index (χ4n) is 2.45. The molecule has 0 spiro atoms. The second-order valence-electron chi connectivity index (χ2n) is 6.82. The quantitative estimate of drug-likeness (QED) is 0.485. The Bertz CT molecular complexity index is 426. The highest BCUT2D eigenvalue weighted by Crippen LogP contribution is 2.28. The third-order valence-electron chi connectivity index (χ3n) is 3.78. The van der Waals surface area contributed by atoms with Crippen LogP contribution in [0.1, 0.15) is 84.0 Å². The highest BCUT2D eigenvalue weighted by molar-refractivity contribution is 5.66. The average molecular weight is 290 g/mol. The molecule has 21 heavy (non-hydrogen) atoms. The monoisotopic (exact) mass is 290 g/mol. The molecule has 0 radical (unpaired) electrons. The van der Waals surface area contributed by atoms with Crippen molar-refractivity contribution in [2.45, 2.75) is 78.2 Å². The van der Waals surface area contributed by atoms with Crippen LogP contribution in [0, 0.1) is 0 Å². The Kier molecular flexibility index (Phi) is 6.94. The van der Waals surface area contributed by atoms with Gasteiger partial charge in [0, 0.05) is 6.92 Å². The van der Waals surface area contributed by atoms with Crippen LogP contribution in [0.25, 0.3) is 0 Å². The topological polar surface area (TPSA) is 26.3 Å². The molecule has 0 saturated heterocycles. The third kappa shape index (κ3) is 6.33. The maximum absolute atomic E-state index is 11.3. The van der Waals surface area contributed by atoms with Gasteiger partial charge >= 0.3 is 5.97 Å². The molecule has 0 amide bonds. The van der Waals surface area contributed by atoms with E-state index in [1.54, 1.807) is 0 Å². The first-order valence-corrected chi connectivity index (χ1v) is 8.12. The molecule has 0 saturated carbocycles. The Hall–Kier alpha value is -1.31. The van der Waals surface area contributed by atoms with Gasteiger partial charge in [-0.2, -0.15) is 0 Å². The van der Waals surface area contributed by atoms with E-state index in [0.717, 1.165) is 18.4 Å². The smallest absolute Gasteiger partial charge is 0.303 e. The maximum Gasteiger partial charge on any atom is 0.303 e. The minimum atomic E-state index is -0.199. The summed E-state index contributed by atoms with van der Waals surface area (Å²) in [6.07, 6.45) is 5.58. The third-order valence-corrected chi connectivity index (χ3v) is 3.78. The van der Waals surface area contributed by atoms with Crippen molar-refractivity contribution in [3.63, 3.8) is 0 Å². The zero-order chi connectivity index (χ0) is 15.9. The summed E-state index contributed by atoms with van der Waals surface area (Å²) in [6, 6.07) is 8.51. The van der Waals surface area contributed by atoms with Crippen LogP contribution in [0.4, 0.5) is 0 Å². The number of hydrogen-bond acceptors (Lipinski definition) is 2. The van der Waals surface area contributed by atoms with Gasteiger partial charge in [-0.1, -0.05) is 71.2 Å². The first kappa shape index (κ1) is 17.7. The number of esters is 1. The van der Waals surface area contributed by atoms with E-state index in [0.29, 0.717) is 0 Å². The normalized spacial score (nSPS) is 13.0. The van der Waals surface area contributed by atoms with Gasteiger partial charge in [0.2, 0.25) is 0 Å². The molecule has 0 heterocycles. The summed E-state index contributed by atoms with van der Waals surface area (Å²) in [5.41, 5.74) is 2.56. The molecule has 1 aromatic carbocycles. The Morgan fingerprint density at radius 2 is 1.71 bits per heavy atom. The Labute approximate surface area is 129 Å². The Balaban J connectivity index is 2.75. The van der Waals surface area contributed by atoms with Crippen molar-refractivity contribution in [1.29, 1.82) is 0 Å². The lowest BCUT2D eigenvalue weighted by atomic mass is 9.86. The molecule has 2 nitrogen and oxygen atoms in total. The fraction of sp³-hybridized carbons (Fsp3) is 0.632. The van der Waals surface area contributed by atoms with E-state index in [2.05, 4.69) is 52.0 Å². The summed E-state index contributed by atoms with van der Waals surface area (Å²) >= 11 is 0. The van der Waals surface area contributed by atoms with E-state index in [1.165, 1.54) is 31.7 Å². The largest absolute Gasteiger partial charge is 0.458 e. The molecule has 1 aromatic rings. The zero-order valence-corrected chi connectivity index (χ0v) is 14.2. The van der Waals surface area contributed by atoms with E-state index in [4.69, 9.17) is 4.74 Å². The van der Waals surface area contributed by atoms with Crippen LogP contribution >= 0.6 is 0 Å². The Morgan fingerprint density at radius 3 is 2.19 bits per heavy atom. The molecule has 0 aliphatic carbocycles. The molecule has 0 aromatic heterocycles. The van der Waals surface area contributed by atoms with Crippen LogP contribution in [0.2, 0.25) is 0 Å². The van der Waals surface area contributed by atoms with Crippen LogP contribution in [0.5, 0.6) is 0 Å². The summed E-state index contributed by atoms with van der Waals surface area (Å²) < 4.78 is 5.50. The minimum absolute atomic E-state index is 0.103. The molecular formula is C19H30O2. The van der Waals surface area contributed by atoms with Crippen LogP contribution in [-0.2, 0) is 14.9 Å². The lowest BCUT2D eigenvalue weighted by Crippen LogP contribution is -2.12. The van der Waals surface area contributed by atoms with E-state index in [-0.39, 0.29) is 17.5 Å². The molecule has 1 unspecified atom stereocenters. The number of rotatable bonds is 7. The van der Waals surface area contributed by atoms with Gasteiger partial charge in [-0.3, -0.25) is 4.79 Å². The predicted octanol–water partition coefficient (Wildman–Crippen LogP) is 5.56. The lowest BCUT2D eigenvalue weighted by Gasteiger charge is -2.21. The SMILES string of the molecule is CCCCCCC(OC(C)=O)c1ccc(C(C)(C)C)cc1. The molecule has 2 heteroatoms. The first-order chi connectivity index (χ1) is 9.84. The van der Waals surface area contributed by atoms with Crippen molar-refractivity contribution in [3.05, 3.63) is 35.4 Å². The zero-order valence-electron chi connectivity index (χ0n) is 14.2. The van der Waals surface area contributed by atoms with Gasteiger partial charge in [0.25, 0.3) is 0 Å². The molecule has 0 aliphatic heterocycles. The molecule has 1 atom stereocenters. The van der Waals surface area contributed by atoms with Gasteiger partial charge in [0.05, 0.1) is 0 Å². The molecule has 0 aliphatic rings. The number of ether oxygens (including phenoxy) is 1. The highest BCUT2D eigenvalue weighted by atomic mass is 16.5. The van der Waals surface area contributed by atoms with Crippen LogP contribution in [0.3, 0.4) is 0 Å². The summed E-state index contributed by atoms with van der Waals surface area (Å²) in [5, 5.41) is 0. The van der Waals surface area contributed by atoms with Gasteiger partial charge in [-0.05, 0) is 29.4 Å². The molecule has 118 valence electrons. The van der Waals surface area contributed by atoms with Crippen LogP contribution < -0.4 is 0 Å². The van der Waals surface area contributed by atoms with Crippen molar-refractivity contribution in [1.82, 2.24) is 0 Å². The van der Waals surface area contributed by atoms with E-state index < -0.39 is 0 Å². The van der Waals surface area contributed by atoms with E-state index in [9.17, 15) is 4.79 Å². The highest BCUT2D eigenvalue weighted by Gasteiger charge is 2.17. The molecule has 0 bridgehead atoms. The predicted molar refractivity (Wildman–Crippen MR) is 88.4 cm³/mol.